The van der Waals surface area contributed by atoms with Gasteiger partial charge in [0.15, 0.2) is 6.10 Å². The first-order chi connectivity index (χ1) is 5.91. The predicted octanol–water partition coefficient (Wildman–Crippen LogP) is 2.33. The largest absolute Gasteiger partial charge is 0.418 e. The number of hydrogen-bond donors (Lipinski definition) is 1. The summed E-state index contributed by atoms with van der Waals surface area (Å²) < 4.78 is 35.8. The Morgan fingerprint density at radius 2 is 2.00 bits per heavy atom. The highest BCUT2D eigenvalue weighted by Gasteiger charge is 2.39. The van der Waals surface area contributed by atoms with E-state index in [4.69, 9.17) is 16.7 Å². The first-order valence-electron chi connectivity index (χ1n) is 3.27. The van der Waals surface area contributed by atoms with Crippen molar-refractivity contribution in [2.45, 2.75) is 12.3 Å². The van der Waals surface area contributed by atoms with Crippen LogP contribution in [0.4, 0.5) is 13.2 Å². The minimum Gasteiger partial charge on any atom is -0.379 e. The van der Waals surface area contributed by atoms with E-state index in [1.807, 2.05) is 0 Å². The Morgan fingerprint density at radius 3 is 2.38 bits per heavy atom. The number of pyridine rings is 1. The van der Waals surface area contributed by atoms with Gasteiger partial charge in [-0.05, 0) is 6.07 Å². The Balaban J connectivity index is 2.90. The summed E-state index contributed by atoms with van der Waals surface area (Å²) in [5.41, 5.74) is -0.322. The Bertz CT molecular complexity index is 285. The molecule has 1 rings (SSSR count). The van der Waals surface area contributed by atoms with Gasteiger partial charge in [-0.1, -0.05) is 17.7 Å². The molecule has 0 bridgehead atoms. The van der Waals surface area contributed by atoms with Crippen LogP contribution in [0.25, 0.3) is 0 Å². The van der Waals surface area contributed by atoms with E-state index >= 15 is 0 Å². The topological polar surface area (TPSA) is 33.1 Å². The van der Waals surface area contributed by atoms with Gasteiger partial charge in [-0.25, -0.2) is 4.98 Å². The quantitative estimate of drug-likeness (QED) is 0.724. The Kier molecular flexibility index (Phi) is 2.77. The van der Waals surface area contributed by atoms with Gasteiger partial charge in [0.05, 0.1) is 0 Å². The molecule has 0 aromatic carbocycles. The summed E-state index contributed by atoms with van der Waals surface area (Å²) in [6.07, 6.45) is -6.28. The third kappa shape index (κ3) is 2.57. The summed E-state index contributed by atoms with van der Waals surface area (Å²) in [6.45, 7) is 0. The highest BCUT2D eigenvalue weighted by Crippen LogP contribution is 2.31. The lowest BCUT2D eigenvalue weighted by Crippen LogP contribution is -2.20. The van der Waals surface area contributed by atoms with E-state index in [-0.39, 0.29) is 10.7 Å². The van der Waals surface area contributed by atoms with Gasteiger partial charge < -0.3 is 5.11 Å². The molecular formula is C7H5ClF3NO. The van der Waals surface area contributed by atoms with E-state index in [1.54, 1.807) is 0 Å². The molecule has 0 unspecified atom stereocenters. The van der Waals surface area contributed by atoms with Crippen molar-refractivity contribution in [1.29, 1.82) is 0 Å². The molecule has 0 spiro atoms. The summed E-state index contributed by atoms with van der Waals surface area (Å²) in [5, 5.41) is 8.82. The third-order valence-electron chi connectivity index (χ3n) is 1.38. The summed E-state index contributed by atoms with van der Waals surface area (Å²) in [6, 6.07) is 2.26. The van der Waals surface area contributed by atoms with Gasteiger partial charge in [0.25, 0.3) is 0 Å². The van der Waals surface area contributed by atoms with Gasteiger partial charge in [-0.3, -0.25) is 0 Å². The molecule has 0 saturated carbocycles. The zero-order chi connectivity index (χ0) is 10.1. The van der Waals surface area contributed by atoms with Crippen LogP contribution in [0, 0.1) is 0 Å². The van der Waals surface area contributed by atoms with Crippen molar-refractivity contribution < 1.29 is 18.3 Å². The predicted molar refractivity (Wildman–Crippen MR) is 40.3 cm³/mol. The average Bonchev–Trinajstić information content (AvgIpc) is 2.03. The highest BCUT2D eigenvalue weighted by atomic mass is 35.5. The van der Waals surface area contributed by atoms with Crippen molar-refractivity contribution in [1.82, 2.24) is 4.98 Å². The molecule has 72 valence electrons. The monoisotopic (exact) mass is 211 g/mol. The van der Waals surface area contributed by atoms with Crippen molar-refractivity contribution in [3.8, 4) is 0 Å². The maximum atomic E-state index is 11.9. The van der Waals surface area contributed by atoms with Crippen molar-refractivity contribution in [2.75, 3.05) is 0 Å². The lowest BCUT2D eigenvalue weighted by Gasteiger charge is -2.13. The molecule has 0 aliphatic heterocycles. The SMILES string of the molecule is O[C@@H](c1ccc(Cl)nc1)C(F)(F)F. The van der Waals surface area contributed by atoms with Crippen LogP contribution in [0.5, 0.6) is 0 Å². The fourth-order valence-corrected chi connectivity index (χ4v) is 0.850. The molecule has 0 saturated heterocycles. The smallest absolute Gasteiger partial charge is 0.379 e. The van der Waals surface area contributed by atoms with Gasteiger partial charge in [-0.15, -0.1) is 0 Å². The second-order valence-corrected chi connectivity index (χ2v) is 2.75. The fourth-order valence-electron chi connectivity index (χ4n) is 0.738. The summed E-state index contributed by atoms with van der Waals surface area (Å²) in [7, 11) is 0. The first kappa shape index (κ1) is 10.3. The minimum absolute atomic E-state index is 0.0816. The maximum absolute atomic E-state index is 11.9. The molecule has 0 amide bonds. The normalized spacial score (nSPS) is 14.2. The van der Waals surface area contributed by atoms with Crippen molar-refractivity contribution in [3.05, 3.63) is 29.0 Å². The van der Waals surface area contributed by atoms with E-state index in [9.17, 15) is 13.2 Å². The van der Waals surface area contributed by atoms with Crippen LogP contribution in [0.15, 0.2) is 18.3 Å². The molecule has 1 atom stereocenters. The molecule has 0 aliphatic carbocycles. The third-order valence-corrected chi connectivity index (χ3v) is 1.60. The molecule has 1 N–H and O–H groups in total. The number of alkyl halides is 3. The van der Waals surface area contributed by atoms with Crippen LogP contribution < -0.4 is 0 Å². The van der Waals surface area contributed by atoms with Crippen LogP contribution in [0.1, 0.15) is 11.7 Å². The molecule has 0 aliphatic rings. The minimum atomic E-state index is -4.67. The van der Waals surface area contributed by atoms with Crippen molar-refractivity contribution in [3.63, 3.8) is 0 Å². The molecule has 1 aromatic rings. The number of aliphatic hydroxyl groups is 1. The molecule has 0 fully saturated rings. The van der Waals surface area contributed by atoms with Crippen LogP contribution >= 0.6 is 11.6 Å². The number of aliphatic hydroxyl groups excluding tert-OH is 1. The Labute approximate surface area is 77.0 Å². The second kappa shape index (κ2) is 3.51. The van der Waals surface area contributed by atoms with Crippen LogP contribution in [-0.2, 0) is 0 Å². The van der Waals surface area contributed by atoms with Gasteiger partial charge in [0.1, 0.15) is 5.15 Å². The molecule has 2 nitrogen and oxygen atoms in total. The molecular weight excluding hydrogens is 207 g/mol. The van der Waals surface area contributed by atoms with Gasteiger partial charge in [0, 0.05) is 11.8 Å². The van der Waals surface area contributed by atoms with E-state index in [0.717, 1.165) is 12.3 Å². The summed E-state index contributed by atoms with van der Waals surface area (Å²) in [5.74, 6) is 0. The average molecular weight is 212 g/mol. The zero-order valence-electron chi connectivity index (χ0n) is 6.22. The van der Waals surface area contributed by atoms with Gasteiger partial charge in [-0.2, -0.15) is 13.2 Å². The number of nitrogens with zero attached hydrogens (tertiary/aromatic N) is 1. The van der Waals surface area contributed by atoms with Crippen molar-refractivity contribution >= 4 is 11.6 Å². The summed E-state index contributed by atoms with van der Waals surface area (Å²) >= 11 is 5.36. The van der Waals surface area contributed by atoms with Gasteiger partial charge >= 0.3 is 6.18 Å². The molecule has 1 aromatic heterocycles. The number of halogens is 4. The van der Waals surface area contributed by atoms with E-state index in [0.29, 0.717) is 0 Å². The molecule has 6 heteroatoms. The van der Waals surface area contributed by atoms with E-state index in [2.05, 4.69) is 4.98 Å². The molecule has 0 radical (unpaired) electrons. The van der Waals surface area contributed by atoms with Crippen LogP contribution in [-0.4, -0.2) is 16.3 Å². The van der Waals surface area contributed by atoms with Crippen LogP contribution in [0.2, 0.25) is 5.15 Å². The zero-order valence-corrected chi connectivity index (χ0v) is 6.97. The molecule has 13 heavy (non-hydrogen) atoms. The van der Waals surface area contributed by atoms with Crippen LogP contribution in [0.3, 0.4) is 0 Å². The lowest BCUT2D eigenvalue weighted by molar-refractivity contribution is -0.206. The van der Waals surface area contributed by atoms with Crippen molar-refractivity contribution in [2.24, 2.45) is 0 Å². The summed E-state index contributed by atoms with van der Waals surface area (Å²) in [4.78, 5) is 3.42. The van der Waals surface area contributed by atoms with E-state index in [1.165, 1.54) is 6.07 Å². The number of hydrogen-bond acceptors (Lipinski definition) is 2. The highest BCUT2D eigenvalue weighted by molar-refractivity contribution is 6.29. The maximum Gasteiger partial charge on any atom is 0.418 e. The fraction of sp³-hybridized carbons (Fsp3) is 0.286. The molecule has 1 heterocycles. The Hall–Kier alpha value is -0.810. The van der Waals surface area contributed by atoms with E-state index < -0.39 is 12.3 Å². The van der Waals surface area contributed by atoms with Gasteiger partial charge in [0.2, 0.25) is 0 Å². The number of rotatable bonds is 1. The second-order valence-electron chi connectivity index (χ2n) is 2.36. The lowest BCUT2D eigenvalue weighted by atomic mass is 10.1. The standard InChI is InChI=1S/C7H5ClF3NO/c8-5-2-1-4(3-12-5)6(13)7(9,10)11/h1-3,6,13H/t6-/m0/s1. The first-order valence-corrected chi connectivity index (χ1v) is 3.65. The number of aromatic nitrogens is 1. The Morgan fingerprint density at radius 1 is 1.38 bits per heavy atom.